The molecular formula is C14H20N2O3. The van der Waals surface area contributed by atoms with Gasteiger partial charge in [-0.15, -0.1) is 0 Å². The SMILES string of the molecule is CCC1CN(Cc2ncccc2C(=O)O)CCCO1. The summed E-state index contributed by atoms with van der Waals surface area (Å²) in [6.07, 6.45) is 3.84. The summed E-state index contributed by atoms with van der Waals surface area (Å²) in [5.74, 6) is -0.916. The predicted octanol–water partition coefficient (Wildman–Crippen LogP) is 1.78. The predicted molar refractivity (Wildman–Crippen MR) is 71.1 cm³/mol. The van der Waals surface area contributed by atoms with Gasteiger partial charge in [-0.25, -0.2) is 4.79 Å². The molecule has 104 valence electrons. The van der Waals surface area contributed by atoms with Crippen LogP contribution in [0.1, 0.15) is 35.8 Å². The van der Waals surface area contributed by atoms with Crippen LogP contribution in [0.2, 0.25) is 0 Å². The van der Waals surface area contributed by atoms with Gasteiger partial charge >= 0.3 is 5.97 Å². The number of hydrogen-bond acceptors (Lipinski definition) is 4. The molecular weight excluding hydrogens is 244 g/mol. The molecule has 0 aliphatic carbocycles. The molecule has 2 rings (SSSR count). The molecule has 2 heterocycles. The fourth-order valence-electron chi connectivity index (χ4n) is 2.33. The van der Waals surface area contributed by atoms with E-state index >= 15 is 0 Å². The lowest BCUT2D eigenvalue weighted by atomic mass is 10.1. The van der Waals surface area contributed by atoms with E-state index in [0.29, 0.717) is 17.8 Å². The van der Waals surface area contributed by atoms with Crippen molar-refractivity contribution in [3.8, 4) is 0 Å². The van der Waals surface area contributed by atoms with Crippen LogP contribution in [-0.2, 0) is 11.3 Å². The minimum absolute atomic E-state index is 0.236. The van der Waals surface area contributed by atoms with Crippen molar-refractivity contribution in [1.82, 2.24) is 9.88 Å². The summed E-state index contributed by atoms with van der Waals surface area (Å²) < 4.78 is 5.72. The summed E-state index contributed by atoms with van der Waals surface area (Å²) in [6.45, 7) is 5.22. The van der Waals surface area contributed by atoms with Crippen molar-refractivity contribution >= 4 is 5.97 Å². The molecule has 0 amide bonds. The minimum atomic E-state index is -0.916. The molecule has 0 bridgehead atoms. The van der Waals surface area contributed by atoms with E-state index in [1.807, 2.05) is 0 Å². The van der Waals surface area contributed by atoms with E-state index in [9.17, 15) is 4.79 Å². The van der Waals surface area contributed by atoms with Gasteiger partial charge in [-0.1, -0.05) is 6.92 Å². The average Bonchev–Trinajstić information content (AvgIpc) is 2.64. The zero-order valence-electron chi connectivity index (χ0n) is 11.2. The number of rotatable bonds is 4. The quantitative estimate of drug-likeness (QED) is 0.898. The van der Waals surface area contributed by atoms with Gasteiger partial charge in [-0.3, -0.25) is 9.88 Å². The molecule has 1 aromatic rings. The van der Waals surface area contributed by atoms with Gasteiger partial charge in [-0.2, -0.15) is 0 Å². The van der Waals surface area contributed by atoms with Crippen LogP contribution in [-0.4, -0.2) is 46.8 Å². The molecule has 1 aromatic heterocycles. The zero-order chi connectivity index (χ0) is 13.7. The molecule has 0 aromatic carbocycles. The van der Waals surface area contributed by atoms with Crippen molar-refractivity contribution in [2.75, 3.05) is 19.7 Å². The van der Waals surface area contributed by atoms with Crippen molar-refractivity contribution < 1.29 is 14.6 Å². The summed E-state index contributed by atoms with van der Waals surface area (Å²) in [5, 5.41) is 9.17. The van der Waals surface area contributed by atoms with Gasteiger partial charge in [0.15, 0.2) is 0 Å². The fourth-order valence-corrected chi connectivity index (χ4v) is 2.33. The van der Waals surface area contributed by atoms with Crippen LogP contribution in [0.15, 0.2) is 18.3 Å². The van der Waals surface area contributed by atoms with E-state index in [1.165, 1.54) is 0 Å². The molecule has 1 atom stereocenters. The van der Waals surface area contributed by atoms with Crippen molar-refractivity contribution in [1.29, 1.82) is 0 Å². The molecule has 0 radical (unpaired) electrons. The van der Waals surface area contributed by atoms with Crippen LogP contribution in [0.5, 0.6) is 0 Å². The minimum Gasteiger partial charge on any atom is -0.478 e. The van der Waals surface area contributed by atoms with Crippen LogP contribution in [0.25, 0.3) is 0 Å². The van der Waals surface area contributed by atoms with Gasteiger partial charge in [0.2, 0.25) is 0 Å². The van der Waals surface area contributed by atoms with E-state index in [2.05, 4.69) is 16.8 Å². The normalized spacial score (nSPS) is 21.0. The number of hydrogen-bond donors (Lipinski definition) is 1. The van der Waals surface area contributed by atoms with Gasteiger partial charge < -0.3 is 9.84 Å². The number of pyridine rings is 1. The Hall–Kier alpha value is -1.46. The number of ether oxygens (including phenoxy) is 1. The Bertz CT molecular complexity index is 436. The first-order chi connectivity index (χ1) is 9.20. The summed E-state index contributed by atoms with van der Waals surface area (Å²) in [7, 11) is 0. The highest BCUT2D eigenvalue weighted by molar-refractivity contribution is 5.88. The average molecular weight is 264 g/mol. The third-order valence-corrected chi connectivity index (χ3v) is 3.38. The van der Waals surface area contributed by atoms with Crippen molar-refractivity contribution in [3.63, 3.8) is 0 Å². The Labute approximate surface area is 113 Å². The highest BCUT2D eigenvalue weighted by Gasteiger charge is 2.20. The molecule has 1 aliphatic heterocycles. The number of aromatic carboxylic acids is 1. The molecule has 1 saturated heterocycles. The fraction of sp³-hybridized carbons (Fsp3) is 0.571. The van der Waals surface area contributed by atoms with Gasteiger partial charge in [0.1, 0.15) is 0 Å². The third kappa shape index (κ3) is 3.75. The molecule has 0 spiro atoms. The van der Waals surface area contributed by atoms with Crippen LogP contribution in [0.3, 0.4) is 0 Å². The standard InChI is InChI=1S/C14H20N2O3/c1-2-11-9-16(7-4-8-19-11)10-13-12(14(17)18)5-3-6-15-13/h3,5-6,11H,2,4,7-10H2,1H3,(H,17,18). The number of carboxylic acid groups (broad SMARTS) is 1. The summed E-state index contributed by atoms with van der Waals surface area (Å²) >= 11 is 0. The smallest absolute Gasteiger partial charge is 0.337 e. The van der Waals surface area contributed by atoms with Crippen LogP contribution in [0.4, 0.5) is 0 Å². The largest absolute Gasteiger partial charge is 0.478 e. The molecule has 19 heavy (non-hydrogen) atoms. The first kappa shape index (κ1) is 14.0. The maximum absolute atomic E-state index is 11.2. The number of carboxylic acids is 1. The highest BCUT2D eigenvalue weighted by Crippen LogP contribution is 2.14. The summed E-state index contributed by atoms with van der Waals surface area (Å²) in [5.41, 5.74) is 0.924. The van der Waals surface area contributed by atoms with E-state index in [4.69, 9.17) is 9.84 Å². The van der Waals surface area contributed by atoms with E-state index < -0.39 is 5.97 Å². The summed E-state index contributed by atoms with van der Waals surface area (Å²) in [6, 6.07) is 3.27. The van der Waals surface area contributed by atoms with Crippen LogP contribution in [0, 0.1) is 0 Å². The Morgan fingerprint density at radius 3 is 3.21 bits per heavy atom. The number of carbonyl (C=O) groups is 1. The van der Waals surface area contributed by atoms with Crippen LogP contribution < -0.4 is 0 Å². The lowest BCUT2D eigenvalue weighted by Gasteiger charge is -2.23. The van der Waals surface area contributed by atoms with E-state index in [0.717, 1.165) is 32.5 Å². The Balaban J connectivity index is 2.09. The third-order valence-electron chi connectivity index (χ3n) is 3.38. The second-order valence-electron chi connectivity index (χ2n) is 4.79. The summed E-state index contributed by atoms with van der Waals surface area (Å²) in [4.78, 5) is 17.6. The highest BCUT2D eigenvalue weighted by atomic mass is 16.5. The molecule has 1 N–H and O–H groups in total. The topological polar surface area (TPSA) is 62.7 Å². The molecule has 1 fully saturated rings. The van der Waals surface area contributed by atoms with Gasteiger partial charge in [0, 0.05) is 32.4 Å². The second-order valence-corrected chi connectivity index (χ2v) is 4.79. The maximum Gasteiger partial charge on any atom is 0.337 e. The van der Waals surface area contributed by atoms with Crippen molar-refractivity contribution in [2.45, 2.75) is 32.4 Å². The molecule has 1 aliphatic rings. The first-order valence-corrected chi connectivity index (χ1v) is 6.72. The molecule has 5 heteroatoms. The van der Waals surface area contributed by atoms with Gasteiger partial charge in [0.25, 0.3) is 0 Å². The van der Waals surface area contributed by atoms with Gasteiger partial charge in [0.05, 0.1) is 17.4 Å². The maximum atomic E-state index is 11.2. The zero-order valence-corrected chi connectivity index (χ0v) is 11.2. The monoisotopic (exact) mass is 264 g/mol. The number of aromatic nitrogens is 1. The Kier molecular flexibility index (Phi) is 4.87. The van der Waals surface area contributed by atoms with E-state index in [-0.39, 0.29) is 6.10 Å². The first-order valence-electron chi connectivity index (χ1n) is 6.72. The Morgan fingerprint density at radius 1 is 1.63 bits per heavy atom. The Morgan fingerprint density at radius 2 is 2.47 bits per heavy atom. The van der Waals surface area contributed by atoms with E-state index in [1.54, 1.807) is 18.3 Å². The van der Waals surface area contributed by atoms with Crippen molar-refractivity contribution in [2.24, 2.45) is 0 Å². The van der Waals surface area contributed by atoms with Crippen molar-refractivity contribution in [3.05, 3.63) is 29.6 Å². The lowest BCUT2D eigenvalue weighted by Crippen LogP contribution is -2.31. The van der Waals surface area contributed by atoms with Gasteiger partial charge in [-0.05, 0) is 25.0 Å². The lowest BCUT2D eigenvalue weighted by molar-refractivity contribution is 0.0507. The second kappa shape index (κ2) is 6.63. The molecule has 1 unspecified atom stereocenters. The molecule has 5 nitrogen and oxygen atoms in total. The number of nitrogens with zero attached hydrogens (tertiary/aromatic N) is 2. The van der Waals surface area contributed by atoms with Crippen LogP contribution >= 0.6 is 0 Å². The molecule has 0 saturated carbocycles.